The fourth-order valence-corrected chi connectivity index (χ4v) is 1.29. The van der Waals surface area contributed by atoms with Crippen LogP contribution in [0.2, 0.25) is 0 Å². The Balaban J connectivity index is 3.04. The molecule has 0 bridgehead atoms. The van der Waals surface area contributed by atoms with Crippen molar-refractivity contribution in [2.24, 2.45) is 0 Å². The third-order valence-electron chi connectivity index (χ3n) is 2.21. The number of hydrogen-bond acceptors (Lipinski definition) is 0. The number of alkyl halides is 3. The van der Waals surface area contributed by atoms with Crippen LogP contribution in [0.25, 0.3) is 6.08 Å². The third-order valence-corrected chi connectivity index (χ3v) is 2.21. The first-order valence-corrected chi connectivity index (χ1v) is 4.90. The Hall–Kier alpha value is -1.51. The van der Waals surface area contributed by atoms with Crippen molar-refractivity contribution in [3.8, 4) is 0 Å². The Morgan fingerprint density at radius 1 is 1.31 bits per heavy atom. The van der Waals surface area contributed by atoms with Crippen LogP contribution in [0.4, 0.5) is 13.2 Å². The Labute approximate surface area is 93.1 Å². The Kier molecular flexibility index (Phi) is 3.93. The van der Waals surface area contributed by atoms with Crippen LogP contribution in [0.5, 0.6) is 0 Å². The molecule has 0 spiro atoms. The summed E-state index contributed by atoms with van der Waals surface area (Å²) in [6, 6.07) is 3.74. The minimum Gasteiger partial charge on any atom is -0.166 e. The summed E-state index contributed by atoms with van der Waals surface area (Å²) in [4.78, 5) is 0. The number of rotatable bonds is 3. The summed E-state index contributed by atoms with van der Waals surface area (Å²) < 4.78 is 37.3. The molecule has 16 heavy (non-hydrogen) atoms. The van der Waals surface area contributed by atoms with Crippen molar-refractivity contribution in [3.63, 3.8) is 0 Å². The van der Waals surface area contributed by atoms with Gasteiger partial charge in [0.15, 0.2) is 0 Å². The summed E-state index contributed by atoms with van der Waals surface area (Å²) in [5.41, 5.74) is 0.807. The predicted molar refractivity (Wildman–Crippen MR) is 60.0 cm³/mol. The Morgan fingerprint density at radius 2 is 2.00 bits per heavy atom. The molecule has 0 aliphatic heterocycles. The van der Waals surface area contributed by atoms with Gasteiger partial charge in [-0.25, -0.2) is 0 Å². The summed E-state index contributed by atoms with van der Waals surface area (Å²) in [5.74, 6) is 0. The van der Waals surface area contributed by atoms with Crippen LogP contribution in [-0.2, 0) is 6.18 Å². The number of allylic oxidation sites excluding steroid dienone is 2. The van der Waals surface area contributed by atoms with E-state index in [1.807, 2.05) is 0 Å². The van der Waals surface area contributed by atoms with E-state index < -0.39 is 11.7 Å². The van der Waals surface area contributed by atoms with Crippen LogP contribution in [0.3, 0.4) is 0 Å². The van der Waals surface area contributed by atoms with E-state index in [1.165, 1.54) is 6.07 Å². The molecule has 0 aliphatic carbocycles. The second-order valence-corrected chi connectivity index (χ2v) is 3.50. The van der Waals surface area contributed by atoms with Crippen LogP contribution in [0.15, 0.2) is 36.9 Å². The molecule has 1 aromatic carbocycles. The fraction of sp³-hybridized carbons (Fsp3) is 0.231. The molecule has 0 amide bonds. The summed E-state index contributed by atoms with van der Waals surface area (Å²) in [6.07, 6.45) is 1.53. The lowest BCUT2D eigenvalue weighted by Crippen LogP contribution is -2.05. The second-order valence-electron chi connectivity index (χ2n) is 3.50. The highest BCUT2D eigenvalue weighted by Crippen LogP contribution is 2.30. The SMILES string of the molecule is C=CC/C=C\c1cc(C(F)(F)F)ccc1C. The fourth-order valence-electron chi connectivity index (χ4n) is 1.29. The third kappa shape index (κ3) is 3.26. The molecule has 0 heterocycles. The molecule has 0 radical (unpaired) electrons. The molecule has 0 atom stereocenters. The second kappa shape index (κ2) is 5.01. The predicted octanol–water partition coefficient (Wildman–Crippen LogP) is 4.60. The lowest BCUT2D eigenvalue weighted by molar-refractivity contribution is -0.137. The van der Waals surface area contributed by atoms with Crippen molar-refractivity contribution in [3.05, 3.63) is 53.6 Å². The van der Waals surface area contributed by atoms with Gasteiger partial charge in [0.25, 0.3) is 0 Å². The number of aryl methyl sites for hydroxylation is 1. The molecule has 0 nitrogen and oxygen atoms in total. The maximum Gasteiger partial charge on any atom is 0.416 e. The quantitative estimate of drug-likeness (QED) is 0.660. The number of halogens is 3. The lowest BCUT2D eigenvalue weighted by atomic mass is 10.0. The smallest absolute Gasteiger partial charge is 0.166 e. The highest BCUT2D eigenvalue weighted by molar-refractivity contribution is 5.55. The lowest BCUT2D eigenvalue weighted by Gasteiger charge is -2.08. The van der Waals surface area contributed by atoms with Crippen LogP contribution in [0, 0.1) is 6.92 Å². The van der Waals surface area contributed by atoms with E-state index in [1.54, 1.807) is 25.2 Å². The van der Waals surface area contributed by atoms with Crippen LogP contribution < -0.4 is 0 Å². The molecule has 0 unspecified atom stereocenters. The molecule has 0 saturated heterocycles. The van der Waals surface area contributed by atoms with Gasteiger partial charge in [-0.2, -0.15) is 13.2 Å². The first-order chi connectivity index (χ1) is 7.45. The Bertz CT molecular complexity index is 400. The summed E-state index contributed by atoms with van der Waals surface area (Å²) in [5, 5.41) is 0. The van der Waals surface area contributed by atoms with Crippen LogP contribution >= 0.6 is 0 Å². The average Bonchev–Trinajstić information content (AvgIpc) is 2.19. The zero-order valence-corrected chi connectivity index (χ0v) is 9.01. The van der Waals surface area contributed by atoms with Gasteiger partial charge >= 0.3 is 6.18 Å². The van der Waals surface area contributed by atoms with E-state index in [9.17, 15) is 13.2 Å². The minimum absolute atomic E-state index is 0.594. The Morgan fingerprint density at radius 3 is 2.56 bits per heavy atom. The van der Waals surface area contributed by atoms with Crippen LogP contribution in [-0.4, -0.2) is 0 Å². The first-order valence-electron chi connectivity index (χ1n) is 4.90. The van der Waals surface area contributed by atoms with Gasteiger partial charge in [-0.1, -0.05) is 24.3 Å². The zero-order chi connectivity index (χ0) is 12.2. The minimum atomic E-state index is -4.28. The standard InChI is InChI=1S/C13H13F3/c1-3-4-5-6-11-9-12(13(14,15)16)8-7-10(11)2/h3,5-9H,1,4H2,2H3/b6-5-. The van der Waals surface area contributed by atoms with E-state index >= 15 is 0 Å². The van der Waals surface area contributed by atoms with Crippen molar-refractivity contribution in [1.82, 2.24) is 0 Å². The molecule has 1 rings (SSSR count). The molecule has 0 N–H and O–H groups in total. The van der Waals surface area contributed by atoms with Gasteiger partial charge in [-0.3, -0.25) is 0 Å². The van der Waals surface area contributed by atoms with Crippen molar-refractivity contribution in [2.75, 3.05) is 0 Å². The molecule has 0 aromatic heterocycles. The van der Waals surface area contributed by atoms with Crippen molar-refractivity contribution in [1.29, 1.82) is 0 Å². The van der Waals surface area contributed by atoms with Gasteiger partial charge in [0.2, 0.25) is 0 Å². The molecule has 3 heteroatoms. The molecular formula is C13H13F3. The van der Waals surface area contributed by atoms with E-state index in [0.29, 0.717) is 12.0 Å². The van der Waals surface area contributed by atoms with Gasteiger partial charge in [-0.05, 0) is 36.6 Å². The maximum atomic E-state index is 12.4. The highest BCUT2D eigenvalue weighted by Gasteiger charge is 2.30. The van der Waals surface area contributed by atoms with E-state index in [4.69, 9.17) is 0 Å². The molecule has 0 fully saturated rings. The molecule has 86 valence electrons. The van der Waals surface area contributed by atoms with E-state index in [-0.39, 0.29) is 0 Å². The molecule has 0 aliphatic rings. The zero-order valence-electron chi connectivity index (χ0n) is 9.01. The summed E-state index contributed by atoms with van der Waals surface area (Å²) in [7, 11) is 0. The van der Waals surface area contributed by atoms with Crippen molar-refractivity contribution in [2.45, 2.75) is 19.5 Å². The van der Waals surface area contributed by atoms with Crippen molar-refractivity contribution < 1.29 is 13.2 Å². The van der Waals surface area contributed by atoms with Crippen molar-refractivity contribution >= 4 is 6.08 Å². The normalized spacial score (nSPS) is 12.0. The monoisotopic (exact) mass is 226 g/mol. The molecule has 1 aromatic rings. The van der Waals surface area contributed by atoms with Gasteiger partial charge in [0, 0.05) is 0 Å². The highest BCUT2D eigenvalue weighted by atomic mass is 19.4. The molecular weight excluding hydrogens is 213 g/mol. The van der Waals surface area contributed by atoms with E-state index in [2.05, 4.69) is 6.58 Å². The summed E-state index contributed by atoms with van der Waals surface area (Å²) in [6.45, 7) is 5.33. The van der Waals surface area contributed by atoms with Gasteiger partial charge in [-0.15, -0.1) is 6.58 Å². The topological polar surface area (TPSA) is 0 Å². The summed E-state index contributed by atoms with van der Waals surface area (Å²) >= 11 is 0. The average molecular weight is 226 g/mol. The maximum absolute atomic E-state index is 12.4. The first kappa shape index (κ1) is 12.6. The van der Waals surface area contributed by atoms with E-state index in [0.717, 1.165) is 17.7 Å². The van der Waals surface area contributed by atoms with Gasteiger partial charge in [0.05, 0.1) is 5.56 Å². The largest absolute Gasteiger partial charge is 0.416 e. The number of benzene rings is 1. The van der Waals surface area contributed by atoms with Crippen LogP contribution in [0.1, 0.15) is 23.1 Å². The van der Waals surface area contributed by atoms with Gasteiger partial charge in [0.1, 0.15) is 0 Å². The number of hydrogen-bond donors (Lipinski definition) is 0. The molecule has 0 saturated carbocycles. The van der Waals surface area contributed by atoms with Gasteiger partial charge < -0.3 is 0 Å².